The van der Waals surface area contributed by atoms with Crippen LogP contribution in [0.25, 0.3) is 0 Å². The summed E-state index contributed by atoms with van der Waals surface area (Å²) in [6.07, 6.45) is 0.723. The fourth-order valence-electron chi connectivity index (χ4n) is 0.988. The molecule has 0 amide bonds. The van der Waals surface area contributed by atoms with Gasteiger partial charge in [0.05, 0.1) is 17.9 Å². The van der Waals surface area contributed by atoms with Gasteiger partial charge in [0.1, 0.15) is 5.82 Å². The molecule has 14 heavy (non-hydrogen) atoms. The highest BCUT2D eigenvalue weighted by Crippen LogP contribution is 2.16. The number of rotatable bonds is 3. The van der Waals surface area contributed by atoms with Crippen LogP contribution in [0, 0.1) is 5.82 Å². The van der Waals surface area contributed by atoms with Gasteiger partial charge in [-0.2, -0.15) is 0 Å². The number of hydrogen-bond donors (Lipinski definition) is 1. The van der Waals surface area contributed by atoms with Gasteiger partial charge >= 0.3 is 5.97 Å². The smallest absolute Gasteiger partial charge is 0.340 e. The van der Waals surface area contributed by atoms with Crippen molar-refractivity contribution in [3.63, 3.8) is 0 Å². The molecular weight excluding hydrogens is 185 g/mol. The van der Waals surface area contributed by atoms with E-state index in [4.69, 9.17) is 10.5 Å². The first-order valence-corrected chi connectivity index (χ1v) is 4.38. The minimum absolute atomic E-state index is 0.0819. The van der Waals surface area contributed by atoms with Crippen molar-refractivity contribution < 1.29 is 13.9 Å². The van der Waals surface area contributed by atoms with E-state index >= 15 is 0 Å². The number of ether oxygens (including phenoxy) is 1. The predicted molar refractivity (Wildman–Crippen MR) is 51.4 cm³/mol. The molecule has 3 nitrogen and oxygen atoms in total. The molecule has 0 bridgehead atoms. The molecule has 76 valence electrons. The van der Waals surface area contributed by atoms with Gasteiger partial charge in [-0.25, -0.2) is 9.18 Å². The molecule has 0 heterocycles. The molecule has 0 saturated carbocycles. The Bertz CT molecular complexity index is 339. The average Bonchev–Trinajstić information content (AvgIpc) is 2.18. The van der Waals surface area contributed by atoms with Gasteiger partial charge < -0.3 is 10.5 Å². The topological polar surface area (TPSA) is 52.3 Å². The molecule has 0 aromatic heterocycles. The lowest BCUT2D eigenvalue weighted by Crippen LogP contribution is -2.09. The molecule has 0 aliphatic heterocycles. The van der Waals surface area contributed by atoms with Crippen molar-refractivity contribution in [3.8, 4) is 0 Å². The summed E-state index contributed by atoms with van der Waals surface area (Å²) in [4.78, 5) is 11.3. The van der Waals surface area contributed by atoms with Crippen molar-refractivity contribution in [1.29, 1.82) is 0 Å². The molecule has 0 aliphatic rings. The largest absolute Gasteiger partial charge is 0.462 e. The summed E-state index contributed by atoms with van der Waals surface area (Å²) >= 11 is 0. The van der Waals surface area contributed by atoms with E-state index in [9.17, 15) is 9.18 Å². The van der Waals surface area contributed by atoms with E-state index in [1.165, 1.54) is 18.2 Å². The number of nitrogen functional groups attached to an aromatic ring is 1. The lowest BCUT2D eigenvalue weighted by molar-refractivity contribution is 0.0506. The SMILES string of the molecule is CCCOC(=O)c1cccc(F)c1N. The third kappa shape index (κ3) is 2.22. The number of hydrogen-bond acceptors (Lipinski definition) is 3. The fraction of sp³-hybridized carbons (Fsp3) is 0.300. The van der Waals surface area contributed by atoms with Crippen LogP contribution in [0.4, 0.5) is 10.1 Å². The van der Waals surface area contributed by atoms with Crippen LogP contribution >= 0.6 is 0 Å². The van der Waals surface area contributed by atoms with E-state index in [-0.39, 0.29) is 11.3 Å². The zero-order valence-electron chi connectivity index (χ0n) is 7.92. The predicted octanol–water partition coefficient (Wildman–Crippen LogP) is 1.97. The number of halogens is 1. The fourth-order valence-corrected chi connectivity index (χ4v) is 0.988. The van der Waals surface area contributed by atoms with Crippen molar-refractivity contribution in [2.24, 2.45) is 0 Å². The second-order valence-corrected chi connectivity index (χ2v) is 2.84. The van der Waals surface area contributed by atoms with Gasteiger partial charge in [0, 0.05) is 0 Å². The summed E-state index contributed by atoms with van der Waals surface area (Å²) in [5.41, 5.74) is 5.30. The molecule has 4 heteroatoms. The Morgan fingerprint density at radius 1 is 1.57 bits per heavy atom. The number of carbonyl (C=O) groups excluding carboxylic acids is 1. The average molecular weight is 197 g/mol. The number of esters is 1. The van der Waals surface area contributed by atoms with Crippen LogP contribution in [0.2, 0.25) is 0 Å². The third-order valence-electron chi connectivity index (χ3n) is 1.71. The van der Waals surface area contributed by atoms with Crippen LogP contribution in [0.1, 0.15) is 23.7 Å². The molecule has 0 spiro atoms. The number of carbonyl (C=O) groups is 1. The van der Waals surface area contributed by atoms with Crippen LogP contribution in [-0.2, 0) is 4.74 Å². The molecule has 1 aromatic carbocycles. The molecule has 0 fully saturated rings. The minimum atomic E-state index is -0.601. The Hall–Kier alpha value is -1.58. The summed E-state index contributed by atoms with van der Waals surface area (Å²) in [5.74, 6) is -1.18. The normalized spacial score (nSPS) is 9.86. The van der Waals surface area contributed by atoms with Gasteiger partial charge in [-0.15, -0.1) is 0 Å². The van der Waals surface area contributed by atoms with Crippen molar-refractivity contribution in [3.05, 3.63) is 29.6 Å². The maximum absolute atomic E-state index is 12.9. The molecule has 0 unspecified atom stereocenters. The zero-order chi connectivity index (χ0) is 10.6. The zero-order valence-corrected chi connectivity index (χ0v) is 7.92. The number of benzene rings is 1. The molecule has 0 atom stereocenters. The Morgan fingerprint density at radius 3 is 2.93 bits per heavy atom. The van der Waals surface area contributed by atoms with E-state index in [0.717, 1.165) is 6.42 Å². The summed E-state index contributed by atoms with van der Waals surface area (Å²) < 4.78 is 17.8. The Balaban J connectivity index is 2.84. The Morgan fingerprint density at radius 2 is 2.29 bits per heavy atom. The summed E-state index contributed by atoms with van der Waals surface area (Å²) in [6, 6.07) is 4.07. The molecule has 0 radical (unpaired) electrons. The maximum atomic E-state index is 12.9. The van der Waals surface area contributed by atoms with E-state index in [1.807, 2.05) is 6.92 Å². The quantitative estimate of drug-likeness (QED) is 0.595. The Kier molecular flexibility index (Phi) is 3.45. The first-order chi connectivity index (χ1) is 6.66. The summed E-state index contributed by atoms with van der Waals surface area (Å²) in [6.45, 7) is 2.19. The molecule has 0 aliphatic carbocycles. The van der Waals surface area contributed by atoms with Crippen molar-refractivity contribution >= 4 is 11.7 Å². The van der Waals surface area contributed by atoms with Gasteiger partial charge in [0.2, 0.25) is 0 Å². The second-order valence-electron chi connectivity index (χ2n) is 2.84. The third-order valence-corrected chi connectivity index (χ3v) is 1.71. The van der Waals surface area contributed by atoms with Crippen LogP contribution in [-0.4, -0.2) is 12.6 Å². The lowest BCUT2D eigenvalue weighted by atomic mass is 10.2. The van der Waals surface area contributed by atoms with E-state index in [2.05, 4.69) is 0 Å². The number of anilines is 1. The monoisotopic (exact) mass is 197 g/mol. The van der Waals surface area contributed by atoms with Crippen LogP contribution in [0.5, 0.6) is 0 Å². The highest BCUT2D eigenvalue weighted by molar-refractivity contribution is 5.95. The van der Waals surface area contributed by atoms with Crippen LogP contribution < -0.4 is 5.73 Å². The first kappa shape index (κ1) is 10.5. The summed E-state index contributed by atoms with van der Waals surface area (Å²) in [5, 5.41) is 0. The first-order valence-electron chi connectivity index (χ1n) is 4.38. The van der Waals surface area contributed by atoms with Gasteiger partial charge in [0.15, 0.2) is 0 Å². The minimum Gasteiger partial charge on any atom is -0.462 e. The second kappa shape index (κ2) is 4.60. The Labute approximate surface area is 81.7 Å². The molecular formula is C10H12FNO2. The van der Waals surface area contributed by atoms with Crippen molar-refractivity contribution in [1.82, 2.24) is 0 Å². The number of para-hydroxylation sites is 1. The van der Waals surface area contributed by atoms with Gasteiger partial charge in [-0.05, 0) is 18.6 Å². The number of nitrogens with two attached hydrogens (primary N) is 1. The van der Waals surface area contributed by atoms with Gasteiger partial charge in [-0.1, -0.05) is 13.0 Å². The van der Waals surface area contributed by atoms with Crippen molar-refractivity contribution in [2.75, 3.05) is 12.3 Å². The highest BCUT2D eigenvalue weighted by Gasteiger charge is 2.12. The summed E-state index contributed by atoms with van der Waals surface area (Å²) in [7, 11) is 0. The lowest BCUT2D eigenvalue weighted by Gasteiger charge is -2.05. The van der Waals surface area contributed by atoms with E-state index < -0.39 is 11.8 Å². The molecule has 1 rings (SSSR count). The van der Waals surface area contributed by atoms with E-state index in [0.29, 0.717) is 6.61 Å². The van der Waals surface area contributed by atoms with Crippen molar-refractivity contribution in [2.45, 2.75) is 13.3 Å². The molecule has 2 N–H and O–H groups in total. The van der Waals surface area contributed by atoms with Gasteiger partial charge in [0.25, 0.3) is 0 Å². The highest BCUT2D eigenvalue weighted by atomic mass is 19.1. The van der Waals surface area contributed by atoms with Crippen LogP contribution in [0.3, 0.4) is 0 Å². The molecule has 1 aromatic rings. The maximum Gasteiger partial charge on any atom is 0.340 e. The van der Waals surface area contributed by atoms with E-state index in [1.54, 1.807) is 0 Å². The van der Waals surface area contributed by atoms with Gasteiger partial charge in [-0.3, -0.25) is 0 Å². The standard InChI is InChI=1S/C10H12FNO2/c1-2-6-14-10(13)7-4-3-5-8(11)9(7)12/h3-5H,2,6,12H2,1H3. The molecule has 0 saturated heterocycles. The van der Waals surface area contributed by atoms with Crippen LogP contribution in [0.15, 0.2) is 18.2 Å².